The maximum Gasteiger partial charge on any atom is 0.252 e. The fraction of sp³-hybridized carbons (Fsp3) is 0.133. The zero-order chi connectivity index (χ0) is 14.7. The van der Waals surface area contributed by atoms with Gasteiger partial charge < -0.3 is 21.1 Å². The number of nitrogen functional groups attached to an aromatic ring is 1. The van der Waals surface area contributed by atoms with Gasteiger partial charge in [0.2, 0.25) is 0 Å². The first kappa shape index (κ1) is 13.7. The van der Waals surface area contributed by atoms with Crippen molar-refractivity contribution >= 4 is 17.3 Å². The summed E-state index contributed by atoms with van der Waals surface area (Å²) < 4.78 is 5.74. The van der Waals surface area contributed by atoms with Gasteiger partial charge in [0.1, 0.15) is 5.75 Å². The van der Waals surface area contributed by atoms with E-state index in [1.165, 1.54) is 0 Å². The second kappa shape index (κ2) is 5.52. The van der Waals surface area contributed by atoms with Crippen molar-refractivity contribution in [2.75, 3.05) is 24.7 Å². The number of hydrogen-bond acceptors (Lipinski definition) is 4. The molecule has 0 radical (unpaired) electrons. The third-order valence-electron chi connectivity index (χ3n) is 2.86. The lowest BCUT2D eigenvalue weighted by molar-refractivity contribution is 0.0998. The Labute approximate surface area is 117 Å². The molecule has 0 aromatic heterocycles. The van der Waals surface area contributed by atoms with E-state index in [4.69, 9.17) is 16.2 Å². The Balaban J connectivity index is 2.40. The van der Waals surface area contributed by atoms with E-state index < -0.39 is 5.91 Å². The van der Waals surface area contributed by atoms with Crippen molar-refractivity contribution in [1.82, 2.24) is 0 Å². The molecule has 4 N–H and O–H groups in total. The number of hydrogen-bond donors (Lipinski definition) is 2. The molecule has 0 aliphatic carbocycles. The third kappa shape index (κ3) is 2.83. The number of benzene rings is 2. The first-order valence-corrected chi connectivity index (χ1v) is 6.12. The van der Waals surface area contributed by atoms with E-state index >= 15 is 0 Å². The highest BCUT2D eigenvalue weighted by Crippen LogP contribution is 2.32. The summed E-state index contributed by atoms with van der Waals surface area (Å²) in [5, 5.41) is 0. The fourth-order valence-corrected chi connectivity index (χ4v) is 1.81. The molecule has 104 valence electrons. The van der Waals surface area contributed by atoms with Crippen molar-refractivity contribution in [3.05, 3.63) is 48.0 Å². The number of anilines is 2. The van der Waals surface area contributed by atoms with Crippen LogP contribution in [0, 0.1) is 0 Å². The minimum absolute atomic E-state index is 0.264. The number of ether oxygens (including phenoxy) is 1. The Morgan fingerprint density at radius 1 is 1.15 bits per heavy atom. The Kier molecular flexibility index (Phi) is 3.79. The van der Waals surface area contributed by atoms with Gasteiger partial charge in [0.15, 0.2) is 5.75 Å². The van der Waals surface area contributed by atoms with Gasteiger partial charge in [-0.2, -0.15) is 0 Å². The molecule has 0 aliphatic heterocycles. The molecule has 0 spiro atoms. The molecule has 5 heteroatoms. The molecule has 0 fully saturated rings. The number of amides is 1. The molecule has 0 aliphatic rings. The number of carbonyl (C=O) groups excluding carboxylic acids is 1. The summed E-state index contributed by atoms with van der Waals surface area (Å²) in [4.78, 5) is 13.4. The molecule has 20 heavy (non-hydrogen) atoms. The van der Waals surface area contributed by atoms with Gasteiger partial charge in [-0.05, 0) is 24.3 Å². The Bertz CT molecular complexity index is 639. The summed E-state index contributed by atoms with van der Waals surface area (Å²) in [6.45, 7) is 0. The fourth-order valence-electron chi connectivity index (χ4n) is 1.81. The van der Waals surface area contributed by atoms with Crippen molar-refractivity contribution < 1.29 is 9.53 Å². The number of rotatable bonds is 4. The second-order valence-electron chi connectivity index (χ2n) is 4.58. The average Bonchev–Trinajstić information content (AvgIpc) is 2.41. The van der Waals surface area contributed by atoms with E-state index in [1.807, 2.05) is 37.2 Å². The normalized spacial score (nSPS) is 10.1. The maximum atomic E-state index is 11.4. The summed E-state index contributed by atoms with van der Waals surface area (Å²) in [6, 6.07) is 12.4. The molecular weight excluding hydrogens is 254 g/mol. The molecule has 0 saturated carbocycles. The number of para-hydroxylation sites is 1. The molecule has 0 saturated heterocycles. The van der Waals surface area contributed by atoms with Crippen LogP contribution in [0.2, 0.25) is 0 Å². The highest BCUT2D eigenvalue weighted by atomic mass is 16.5. The molecule has 2 rings (SSSR count). The number of carbonyl (C=O) groups is 1. The Hall–Kier alpha value is -2.69. The molecule has 1 amide bonds. The first-order valence-electron chi connectivity index (χ1n) is 6.12. The molecule has 2 aromatic carbocycles. The number of nitrogens with zero attached hydrogens (tertiary/aromatic N) is 1. The predicted octanol–water partition coefficient (Wildman–Crippen LogP) is 2.23. The smallest absolute Gasteiger partial charge is 0.252 e. The minimum Gasteiger partial charge on any atom is -0.454 e. The molecule has 0 unspecified atom stereocenters. The highest BCUT2D eigenvalue weighted by Gasteiger charge is 2.13. The van der Waals surface area contributed by atoms with Crippen LogP contribution in [0.5, 0.6) is 11.5 Å². The summed E-state index contributed by atoms with van der Waals surface area (Å²) in [5.41, 5.74) is 12.8. The van der Waals surface area contributed by atoms with Crippen LogP contribution in [0.25, 0.3) is 0 Å². The molecule has 0 atom stereocenters. The van der Waals surface area contributed by atoms with Crippen LogP contribution in [-0.2, 0) is 0 Å². The van der Waals surface area contributed by atoms with E-state index in [0.717, 1.165) is 5.69 Å². The Morgan fingerprint density at radius 2 is 1.85 bits per heavy atom. The molecule has 0 heterocycles. The van der Waals surface area contributed by atoms with Gasteiger partial charge in [0, 0.05) is 25.8 Å². The van der Waals surface area contributed by atoms with Crippen molar-refractivity contribution in [3.8, 4) is 11.5 Å². The third-order valence-corrected chi connectivity index (χ3v) is 2.86. The molecular formula is C15H17N3O2. The topological polar surface area (TPSA) is 81.6 Å². The van der Waals surface area contributed by atoms with E-state index in [0.29, 0.717) is 11.4 Å². The summed E-state index contributed by atoms with van der Waals surface area (Å²) in [6.07, 6.45) is 0. The van der Waals surface area contributed by atoms with E-state index in [1.54, 1.807) is 24.3 Å². The lowest BCUT2D eigenvalue weighted by Gasteiger charge is -2.15. The average molecular weight is 271 g/mol. The van der Waals surface area contributed by atoms with Crippen LogP contribution in [0.1, 0.15) is 10.4 Å². The quantitative estimate of drug-likeness (QED) is 0.835. The van der Waals surface area contributed by atoms with Gasteiger partial charge in [-0.1, -0.05) is 12.1 Å². The highest BCUT2D eigenvalue weighted by molar-refractivity contribution is 5.97. The summed E-state index contributed by atoms with van der Waals surface area (Å²) in [7, 11) is 3.87. The maximum absolute atomic E-state index is 11.4. The lowest BCUT2D eigenvalue weighted by Crippen LogP contribution is -2.13. The van der Waals surface area contributed by atoms with Crippen LogP contribution in [0.15, 0.2) is 42.5 Å². The van der Waals surface area contributed by atoms with Gasteiger partial charge in [-0.3, -0.25) is 4.79 Å². The summed E-state index contributed by atoms with van der Waals surface area (Å²) >= 11 is 0. The zero-order valence-electron chi connectivity index (χ0n) is 11.5. The molecule has 5 nitrogen and oxygen atoms in total. The van der Waals surface area contributed by atoms with Crippen LogP contribution in [0.4, 0.5) is 11.4 Å². The van der Waals surface area contributed by atoms with Crippen molar-refractivity contribution in [2.24, 2.45) is 5.73 Å². The van der Waals surface area contributed by atoms with Gasteiger partial charge in [-0.15, -0.1) is 0 Å². The van der Waals surface area contributed by atoms with Crippen LogP contribution >= 0.6 is 0 Å². The summed E-state index contributed by atoms with van der Waals surface area (Å²) in [5.74, 6) is 0.309. The largest absolute Gasteiger partial charge is 0.454 e. The van der Waals surface area contributed by atoms with Gasteiger partial charge in [-0.25, -0.2) is 0 Å². The van der Waals surface area contributed by atoms with Crippen molar-refractivity contribution in [1.29, 1.82) is 0 Å². The molecule has 2 aromatic rings. The predicted molar refractivity (Wildman–Crippen MR) is 80.2 cm³/mol. The monoisotopic (exact) mass is 271 g/mol. The lowest BCUT2D eigenvalue weighted by atomic mass is 10.1. The SMILES string of the molecule is CN(C)c1cccc(Oc2c(N)cccc2C(N)=O)c1. The van der Waals surface area contributed by atoms with E-state index in [-0.39, 0.29) is 11.3 Å². The standard InChI is InChI=1S/C15H17N3O2/c1-18(2)10-5-3-6-11(9-10)20-14-12(15(17)19)7-4-8-13(14)16/h3-9H,16H2,1-2H3,(H2,17,19). The van der Waals surface area contributed by atoms with Crippen molar-refractivity contribution in [3.63, 3.8) is 0 Å². The van der Waals surface area contributed by atoms with Gasteiger partial charge >= 0.3 is 0 Å². The van der Waals surface area contributed by atoms with Crippen LogP contribution in [0.3, 0.4) is 0 Å². The van der Waals surface area contributed by atoms with Gasteiger partial charge in [0.25, 0.3) is 5.91 Å². The minimum atomic E-state index is -0.573. The van der Waals surface area contributed by atoms with Crippen LogP contribution in [-0.4, -0.2) is 20.0 Å². The number of primary amides is 1. The van der Waals surface area contributed by atoms with E-state index in [9.17, 15) is 4.79 Å². The van der Waals surface area contributed by atoms with E-state index in [2.05, 4.69) is 0 Å². The zero-order valence-corrected chi connectivity index (χ0v) is 11.5. The number of nitrogens with two attached hydrogens (primary N) is 2. The van der Waals surface area contributed by atoms with Crippen molar-refractivity contribution in [2.45, 2.75) is 0 Å². The van der Waals surface area contributed by atoms with Crippen LogP contribution < -0.4 is 21.1 Å². The molecule has 0 bridgehead atoms. The second-order valence-corrected chi connectivity index (χ2v) is 4.58. The van der Waals surface area contributed by atoms with Gasteiger partial charge in [0.05, 0.1) is 11.3 Å². The Morgan fingerprint density at radius 3 is 2.50 bits per heavy atom. The first-order chi connectivity index (χ1) is 9.49.